The second-order valence-corrected chi connectivity index (χ2v) is 6.16. The molecule has 0 bridgehead atoms. The van der Waals surface area contributed by atoms with E-state index in [2.05, 4.69) is 0 Å². The van der Waals surface area contributed by atoms with Gasteiger partial charge in [0.1, 0.15) is 16.8 Å². The molecule has 8 heteroatoms. The quantitative estimate of drug-likeness (QED) is 0.656. The van der Waals surface area contributed by atoms with Crippen LogP contribution in [0.15, 0.2) is 39.4 Å². The molecule has 2 atom stereocenters. The SMILES string of the molecule is O=C(c1ccc([N+](=O)[O-])o1)N1CCCCC[C@H]1C[C@@H](O)c1ccco1. The summed E-state index contributed by atoms with van der Waals surface area (Å²) in [5.74, 6) is -0.423. The third-order valence-corrected chi connectivity index (χ3v) is 4.49. The van der Waals surface area contributed by atoms with Gasteiger partial charge in [-0.3, -0.25) is 14.9 Å². The maximum Gasteiger partial charge on any atom is 0.433 e. The minimum Gasteiger partial charge on any atom is -0.467 e. The summed E-state index contributed by atoms with van der Waals surface area (Å²) in [6.45, 7) is 0.531. The van der Waals surface area contributed by atoms with Gasteiger partial charge in [-0.05, 0) is 31.0 Å². The van der Waals surface area contributed by atoms with Crippen LogP contribution in [0.25, 0.3) is 0 Å². The van der Waals surface area contributed by atoms with E-state index in [1.165, 1.54) is 18.4 Å². The number of nitrogens with zero attached hydrogens (tertiary/aromatic N) is 2. The standard InChI is InChI=1S/C17H20N2O6/c20-13(14-6-4-10-24-14)11-12-5-2-1-3-9-18(12)17(21)15-7-8-16(25-15)19(22)23/h4,6-8,10,12-13,20H,1-3,5,9,11H2/t12-,13+/m0/s1. The molecule has 1 amide bonds. The van der Waals surface area contributed by atoms with Crippen molar-refractivity contribution >= 4 is 11.8 Å². The second kappa shape index (κ2) is 7.52. The van der Waals surface area contributed by atoms with Crippen LogP contribution in [0.3, 0.4) is 0 Å². The van der Waals surface area contributed by atoms with Crippen LogP contribution >= 0.6 is 0 Å². The van der Waals surface area contributed by atoms with Crippen molar-refractivity contribution < 1.29 is 23.7 Å². The monoisotopic (exact) mass is 348 g/mol. The van der Waals surface area contributed by atoms with E-state index < -0.39 is 16.9 Å². The first-order chi connectivity index (χ1) is 12.1. The number of nitro groups is 1. The highest BCUT2D eigenvalue weighted by molar-refractivity contribution is 5.92. The first-order valence-electron chi connectivity index (χ1n) is 8.33. The van der Waals surface area contributed by atoms with Gasteiger partial charge in [-0.1, -0.05) is 12.8 Å². The van der Waals surface area contributed by atoms with Crippen LogP contribution in [-0.4, -0.2) is 33.4 Å². The van der Waals surface area contributed by atoms with Crippen molar-refractivity contribution in [3.63, 3.8) is 0 Å². The van der Waals surface area contributed by atoms with E-state index in [0.29, 0.717) is 18.7 Å². The van der Waals surface area contributed by atoms with Crippen LogP contribution in [0.1, 0.15) is 54.5 Å². The number of hydrogen-bond donors (Lipinski definition) is 1. The molecule has 1 fully saturated rings. The molecule has 2 aromatic rings. The third-order valence-electron chi connectivity index (χ3n) is 4.49. The van der Waals surface area contributed by atoms with E-state index >= 15 is 0 Å². The van der Waals surface area contributed by atoms with Crippen molar-refractivity contribution in [3.8, 4) is 0 Å². The minimum atomic E-state index is -0.806. The molecule has 2 aromatic heterocycles. The Morgan fingerprint density at radius 2 is 2.20 bits per heavy atom. The van der Waals surface area contributed by atoms with Crippen LogP contribution in [-0.2, 0) is 0 Å². The number of hydrogen-bond acceptors (Lipinski definition) is 6. The van der Waals surface area contributed by atoms with Gasteiger partial charge in [-0.2, -0.15) is 0 Å². The van der Waals surface area contributed by atoms with Crippen molar-refractivity contribution in [2.75, 3.05) is 6.54 Å². The lowest BCUT2D eigenvalue weighted by Gasteiger charge is -2.30. The Morgan fingerprint density at radius 1 is 1.36 bits per heavy atom. The van der Waals surface area contributed by atoms with Crippen molar-refractivity contribution in [1.82, 2.24) is 4.90 Å². The smallest absolute Gasteiger partial charge is 0.433 e. The van der Waals surface area contributed by atoms with Crippen molar-refractivity contribution in [3.05, 3.63) is 52.2 Å². The molecule has 1 N–H and O–H groups in total. The Labute approximate surface area is 144 Å². The fourth-order valence-corrected chi connectivity index (χ4v) is 3.23. The summed E-state index contributed by atoms with van der Waals surface area (Å²) in [5.41, 5.74) is 0. The van der Waals surface area contributed by atoms with Crippen LogP contribution < -0.4 is 0 Å². The molecule has 0 aromatic carbocycles. The molecular weight excluding hydrogens is 328 g/mol. The molecule has 0 spiro atoms. The number of carbonyl (C=O) groups is 1. The van der Waals surface area contributed by atoms with E-state index in [4.69, 9.17) is 8.83 Å². The minimum absolute atomic E-state index is 0.0499. The lowest BCUT2D eigenvalue weighted by atomic mass is 10.0. The van der Waals surface area contributed by atoms with E-state index in [9.17, 15) is 20.0 Å². The number of amides is 1. The van der Waals surface area contributed by atoms with E-state index in [0.717, 1.165) is 25.7 Å². The van der Waals surface area contributed by atoms with Gasteiger partial charge in [-0.25, -0.2) is 0 Å². The zero-order valence-corrected chi connectivity index (χ0v) is 13.7. The fourth-order valence-electron chi connectivity index (χ4n) is 3.23. The summed E-state index contributed by atoms with van der Waals surface area (Å²) >= 11 is 0. The van der Waals surface area contributed by atoms with Gasteiger partial charge < -0.3 is 18.8 Å². The molecule has 0 saturated carbocycles. The van der Waals surface area contributed by atoms with Gasteiger partial charge in [0.05, 0.1) is 12.3 Å². The molecule has 1 aliphatic heterocycles. The van der Waals surface area contributed by atoms with Crippen LogP contribution in [0.4, 0.5) is 5.88 Å². The largest absolute Gasteiger partial charge is 0.467 e. The van der Waals surface area contributed by atoms with Gasteiger partial charge in [0.25, 0.3) is 5.91 Å². The molecule has 25 heavy (non-hydrogen) atoms. The van der Waals surface area contributed by atoms with Gasteiger partial charge in [0.15, 0.2) is 5.76 Å². The normalized spacial score (nSPS) is 19.4. The Morgan fingerprint density at radius 3 is 2.88 bits per heavy atom. The van der Waals surface area contributed by atoms with E-state index in [1.54, 1.807) is 17.0 Å². The summed E-state index contributed by atoms with van der Waals surface area (Å²) < 4.78 is 10.3. The Balaban J connectivity index is 1.77. The number of rotatable bonds is 5. The predicted octanol–water partition coefficient (Wildman–Crippen LogP) is 3.29. The van der Waals surface area contributed by atoms with Gasteiger partial charge in [0, 0.05) is 19.0 Å². The summed E-state index contributed by atoms with van der Waals surface area (Å²) in [6.07, 6.45) is 4.60. The number of likely N-dealkylation sites (tertiary alicyclic amines) is 1. The molecule has 8 nitrogen and oxygen atoms in total. The lowest BCUT2D eigenvalue weighted by molar-refractivity contribution is -0.402. The predicted molar refractivity (Wildman–Crippen MR) is 86.9 cm³/mol. The average Bonchev–Trinajstić information content (AvgIpc) is 3.24. The van der Waals surface area contributed by atoms with Crippen LogP contribution in [0.2, 0.25) is 0 Å². The molecule has 0 aliphatic carbocycles. The summed E-state index contributed by atoms with van der Waals surface area (Å²) in [4.78, 5) is 24.5. The molecular formula is C17H20N2O6. The van der Waals surface area contributed by atoms with Crippen molar-refractivity contribution in [2.24, 2.45) is 0 Å². The Bertz CT molecular complexity index is 723. The number of carbonyl (C=O) groups excluding carboxylic acids is 1. The number of furan rings is 2. The maximum atomic E-state index is 12.8. The van der Waals surface area contributed by atoms with Gasteiger partial charge in [-0.15, -0.1) is 0 Å². The van der Waals surface area contributed by atoms with Crippen LogP contribution in [0.5, 0.6) is 0 Å². The molecule has 3 rings (SSSR count). The van der Waals surface area contributed by atoms with Crippen molar-refractivity contribution in [2.45, 2.75) is 44.2 Å². The first kappa shape index (κ1) is 17.2. The van der Waals surface area contributed by atoms with Gasteiger partial charge >= 0.3 is 5.88 Å². The molecule has 0 radical (unpaired) electrons. The molecule has 3 heterocycles. The third kappa shape index (κ3) is 3.90. The average molecular weight is 348 g/mol. The number of aliphatic hydroxyl groups excluding tert-OH is 1. The Kier molecular flexibility index (Phi) is 5.18. The highest BCUT2D eigenvalue weighted by Crippen LogP contribution is 2.28. The maximum absolute atomic E-state index is 12.8. The highest BCUT2D eigenvalue weighted by Gasteiger charge is 2.31. The molecule has 0 unspecified atom stereocenters. The molecule has 134 valence electrons. The first-order valence-corrected chi connectivity index (χ1v) is 8.33. The summed E-state index contributed by atoms with van der Waals surface area (Å²) in [7, 11) is 0. The highest BCUT2D eigenvalue weighted by atomic mass is 16.6. The number of aliphatic hydroxyl groups is 1. The lowest BCUT2D eigenvalue weighted by Crippen LogP contribution is -2.40. The van der Waals surface area contributed by atoms with E-state index in [1.807, 2.05) is 0 Å². The zero-order valence-electron chi connectivity index (χ0n) is 13.7. The second-order valence-electron chi connectivity index (χ2n) is 6.16. The molecule has 1 aliphatic rings. The van der Waals surface area contributed by atoms with Crippen LogP contribution in [0, 0.1) is 10.1 Å². The Hall–Kier alpha value is -2.61. The summed E-state index contributed by atoms with van der Waals surface area (Å²) in [5, 5.41) is 21.1. The summed E-state index contributed by atoms with van der Waals surface area (Å²) in [6, 6.07) is 5.72. The van der Waals surface area contributed by atoms with Crippen molar-refractivity contribution in [1.29, 1.82) is 0 Å². The van der Waals surface area contributed by atoms with Gasteiger partial charge in [0.2, 0.25) is 0 Å². The fraction of sp³-hybridized carbons (Fsp3) is 0.471. The zero-order chi connectivity index (χ0) is 17.8. The molecule has 1 saturated heterocycles. The topological polar surface area (TPSA) is 110 Å². The van der Waals surface area contributed by atoms with E-state index in [-0.39, 0.29) is 17.7 Å².